The number of amides is 1. The van der Waals surface area contributed by atoms with E-state index in [1.54, 1.807) is 4.90 Å². The Labute approximate surface area is 133 Å². The molecule has 1 aliphatic heterocycles. The Morgan fingerprint density at radius 3 is 2.39 bits per heavy atom. The number of carbonyl (C=O) groups is 1. The first-order valence-corrected chi connectivity index (χ1v) is 7.43. The normalized spacial score (nSPS) is 15.6. The second-order valence-corrected chi connectivity index (χ2v) is 5.45. The van der Waals surface area contributed by atoms with Crippen LogP contribution in [0.3, 0.4) is 0 Å². The summed E-state index contributed by atoms with van der Waals surface area (Å²) in [4.78, 5) is 26.2. The molecule has 0 atom stereocenters. The molecule has 2 heterocycles. The number of nitro groups is 1. The van der Waals surface area contributed by atoms with Crippen LogP contribution in [-0.2, 0) is 6.54 Å². The highest BCUT2D eigenvalue weighted by atomic mass is 16.6. The van der Waals surface area contributed by atoms with Gasteiger partial charge in [-0.25, -0.2) is 0 Å². The summed E-state index contributed by atoms with van der Waals surface area (Å²) in [7, 11) is 0. The van der Waals surface area contributed by atoms with E-state index < -0.39 is 10.8 Å². The molecule has 7 heteroatoms. The largest absolute Gasteiger partial charge is 0.433 e. The van der Waals surface area contributed by atoms with Gasteiger partial charge in [0.1, 0.15) is 4.92 Å². The van der Waals surface area contributed by atoms with Crippen LogP contribution in [-0.4, -0.2) is 46.8 Å². The Morgan fingerprint density at radius 2 is 1.78 bits per heavy atom. The fourth-order valence-corrected chi connectivity index (χ4v) is 2.65. The van der Waals surface area contributed by atoms with Crippen LogP contribution < -0.4 is 0 Å². The van der Waals surface area contributed by atoms with Crippen molar-refractivity contribution in [2.24, 2.45) is 0 Å². The predicted molar refractivity (Wildman–Crippen MR) is 83.0 cm³/mol. The van der Waals surface area contributed by atoms with Crippen LogP contribution in [0.4, 0.5) is 5.88 Å². The first-order chi connectivity index (χ1) is 11.1. The van der Waals surface area contributed by atoms with Gasteiger partial charge in [0.05, 0.1) is 6.07 Å². The lowest BCUT2D eigenvalue weighted by atomic mass is 10.2. The van der Waals surface area contributed by atoms with E-state index in [2.05, 4.69) is 17.0 Å². The molecule has 0 radical (unpaired) electrons. The summed E-state index contributed by atoms with van der Waals surface area (Å²) in [6.07, 6.45) is 0. The molecule has 120 valence electrons. The topological polar surface area (TPSA) is 79.8 Å². The van der Waals surface area contributed by atoms with Crippen molar-refractivity contribution in [2.75, 3.05) is 26.2 Å². The molecule has 3 rings (SSSR count). The Bertz CT molecular complexity index is 690. The molecule has 0 unspecified atom stereocenters. The van der Waals surface area contributed by atoms with E-state index in [-0.39, 0.29) is 11.7 Å². The van der Waals surface area contributed by atoms with E-state index in [1.165, 1.54) is 17.7 Å². The quantitative estimate of drug-likeness (QED) is 0.638. The SMILES string of the molecule is O=C(c1ccc([N+](=O)[O-])o1)N1CCN(Cc2ccccc2)CC1. The van der Waals surface area contributed by atoms with Gasteiger partial charge in [-0.15, -0.1) is 0 Å². The monoisotopic (exact) mass is 315 g/mol. The predicted octanol–water partition coefficient (Wildman–Crippen LogP) is 2.15. The number of nitrogens with zero attached hydrogens (tertiary/aromatic N) is 3. The fraction of sp³-hybridized carbons (Fsp3) is 0.312. The lowest BCUT2D eigenvalue weighted by molar-refractivity contribution is -0.402. The smallest absolute Gasteiger partial charge is 0.395 e. The average Bonchev–Trinajstić information content (AvgIpc) is 3.06. The zero-order valence-corrected chi connectivity index (χ0v) is 12.6. The maximum atomic E-state index is 12.3. The molecule has 0 aliphatic carbocycles. The molecule has 7 nitrogen and oxygen atoms in total. The molecule has 23 heavy (non-hydrogen) atoms. The second-order valence-electron chi connectivity index (χ2n) is 5.45. The highest BCUT2D eigenvalue weighted by Crippen LogP contribution is 2.18. The third-order valence-corrected chi connectivity index (χ3v) is 3.89. The molecule has 0 saturated carbocycles. The van der Waals surface area contributed by atoms with Crippen LogP contribution in [0, 0.1) is 10.1 Å². The van der Waals surface area contributed by atoms with Crippen molar-refractivity contribution in [1.82, 2.24) is 9.80 Å². The Morgan fingerprint density at radius 1 is 1.09 bits per heavy atom. The molecule has 1 fully saturated rings. The van der Waals surface area contributed by atoms with Crippen molar-refractivity contribution in [3.05, 3.63) is 63.9 Å². The number of benzene rings is 1. The van der Waals surface area contributed by atoms with Gasteiger partial charge in [-0.2, -0.15) is 0 Å². The summed E-state index contributed by atoms with van der Waals surface area (Å²) in [5.74, 6) is -0.679. The van der Waals surface area contributed by atoms with E-state index in [0.29, 0.717) is 13.1 Å². The van der Waals surface area contributed by atoms with Crippen molar-refractivity contribution in [2.45, 2.75) is 6.54 Å². The first kappa shape index (κ1) is 15.2. The summed E-state index contributed by atoms with van der Waals surface area (Å²) >= 11 is 0. The van der Waals surface area contributed by atoms with Crippen molar-refractivity contribution in [3.8, 4) is 0 Å². The molecule has 1 aliphatic rings. The van der Waals surface area contributed by atoms with Crippen LogP contribution in [0.15, 0.2) is 46.9 Å². The summed E-state index contributed by atoms with van der Waals surface area (Å²) in [6, 6.07) is 12.7. The van der Waals surface area contributed by atoms with Crippen molar-refractivity contribution in [1.29, 1.82) is 0 Å². The molecule has 1 aromatic carbocycles. The highest BCUT2D eigenvalue weighted by Gasteiger charge is 2.25. The number of carbonyl (C=O) groups excluding carboxylic acids is 1. The zero-order chi connectivity index (χ0) is 16.2. The van der Waals surface area contributed by atoms with Crippen molar-refractivity contribution >= 4 is 11.8 Å². The van der Waals surface area contributed by atoms with Crippen molar-refractivity contribution in [3.63, 3.8) is 0 Å². The Kier molecular flexibility index (Phi) is 4.38. The summed E-state index contributed by atoms with van der Waals surface area (Å²) < 4.78 is 4.98. The zero-order valence-electron chi connectivity index (χ0n) is 12.6. The van der Waals surface area contributed by atoms with Gasteiger partial charge in [0.15, 0.2) is 5.76 Å². The molecular formula is C16H17N3O4. The van der Waals surface area contributed by atoms with Crippen LogP contribution in [0.2, 0.25) is 0 Å². The van der Waals surface area contributed by atoms with E-state index >= 15 is 0 Å². The Hall–Kier alpha value is -2.67. The van der Waals surface area contributed by atoms with E-state index in [1.807, 2.05) is 18.2 Å². The molecule has 1 amide bonds. The standard InChI is InChI=1S/C16H17N3O4/c20-16(14-6-7-15(23-14)19(21)22)18-10-8-17(9-11-18)12-13-4-2-1-3-5-13/h1-7H,8-12H2. The van der Waals surface area contributed by atoms with Crippen LogP contribution in [0.5, 0.6) is 0 Å². The molecule has 0 spiro atoms. The van der Waals surface area contributed by atoms with Crippen LogP contribution in [0.1, 0.15) is 16.1 Å². The number of hydrogen-bond acceptors (Lipinski definition) is 5. The lowest BCUT2D eigenvalue weighted by Gasteiger charge is -2.34. The number of rotatable bonds is 4. The van der Waals surface area contributed by atoms with E-state index in [9.17, 15) is 14.9 Å². The summed E-state index contributed by atoms with van der Waals surface area (Å²) in [5, 5.41) is 10.6. The van der Waals surface area contributed by atoms with Crippen LogP contribution >= 0.6 is 0 Å². The lowest BCUT2D eigenvalue weighted by Crippen LogP contribution is -2.48. The van der Waals surface area contributed by atoms with Gasteiger partial charge in [0.25, 0.3) is 5.91 Å². The third kappa shape index (κ3) is 3.57. The molecule has 2 aromatic rings. The van der Waals surface area contributed by atoms with Gasteiger partial charge in [-0.1, -0.05) is 30.3 Å². The van der Waals surface area contributed by atoms with Crippen LogP contribution in [0.25, 0.3) is 0 Å². The summed E-state index contributed by atoms with van der Waals surface area (Å²) in [6.45, 7) is 3.56. The van der Waals surface area contributed by atoms with Gasteiger partial charge in [0, 0.05) is 32.7 Å². The first-order valence-electron chi connectivity index (χ1n) is 7.43. The maximum Gasteiger partial charge on any atom is 0.433 e. The average molecular weight is 315 g/mol. The highest BCUT2D eigenvalue weighted by molar-refractivity contribution is 5.91. The fourth-order valence-electron chi connectivity index (χ4n) is 2.65. The molecule has 0 bridgehead atoms. The van der Waals surface area contributed by atoms with Gasteiger partial charge >= 0.3 is 5.88 Å². The molecule has 0 N–H and O–H groups in total. The van der Waals surface area contributed by atoms with Gasteiger partial charge in [0.2, 0.25) is 0 Å². The molecule has 1 saturated heterocycles. The Balaban J connectivity index is 1.55. The number of furan rings is 1. The maximum absolute atomic E-state index is 12.3. The van der Waals surface area contributed by atoms with E-state index in [4.69, 9.17) is 4.42 Å². The van der Waals surface area contributed by atoms with E-state index in [0.717, 1.165) is 19.6 Å². The molecular weight excluding hydrogens is 298 g/mol. The van der Waals surface area contributed by atoms with Crippen molar-refractivity contribution < 1.29 is 14.1 Å². The van der Waals surface area contributed by atoms with Gasteiger partial charge < -0.3 is 9.32 Å². The minimum atomic E-state index is -0.644. The summed E-state index contributed by atoms with van der Waals surface area (Å²) in [5.41, 5.74) is 1.24. The second kappa shape index (κ2) is 6.62. The van der Waals surface area contributed by atoms with Gasteiger partial charge in [-0.05, 0) is 11.6 Å². The third-order valence-electron chi connectivity index (χ3n) is 3.89. The minimum Gasteiger partial charge on any atom is -0.395 e. The number of hydrogen-bond donors (Lipinski definition) is 0. The number of piperazine rings is 1. The molecule has 1 aromatic heterocycles. The minimum absolute atomic E-state index is 0.0215. The van der Waals surface area contributed by atoms with Gasteiger partial charge in [-0.3, -0.25) is 19.8 Å².